The Balaban J connectivity index is 1.63. The fourth-order valence-corrected chi connectivity index (χ4v) is 3.32. The van der Waals surface area contributed by atoms with Crippen molar-refractivity contribution in [1.29, 1.82) is 0 Å². The maximum absolute atomic E-state index is 12.4. The molecule has 0 saturated heterocycles. The van der Waals surface area contributed by atoms with Gasteiger partial charge in [-0.15, -0.1) is 10.2 Å². The van der Waals surface area contributed by atoms with Gasteiger partial charge in [-0.05, 0) is 30.7 Å². The number of thioether (sulfide) groups is 1. The lowest BCUT2D eigenvalue weighted by molar-refractivity contribution is -0.120. The molecule has 1 amide bonds. The van der Waals surface area contributed by atoms with Crippen LogP contribution in [0.15, 0.2) is 66.1 Å². The number of aromatic nitrogens is 3. The highest BCUT2D eigenvalue weighted by Gasteiger charge is 2.18. The van der Waals surface area contributed by atoms with Crippen LogP contribution in [-0.2, 0) is 11.3 Å². The van der Waals surface area contributed by atoms with Crippen molar-refractivity contribution in [2.24, 2.45) is 0 Å². The van der Waals surface area contributed by atoms with Crippen molar-refractivity contribution in [2.75, 3.05) is 0 Å². The minimum Gasteiger partial charge on any atom is -0.351 e. The van der Waals surface area contributed by atoms with Crippen molar-refractivity contribution in [1.82, 2.24) is 20.1 Å². The number of carbonyl (C=O) groups is 1. The molecule has 3 rings (SSSR count). The highest BCUT2D eigenvalue weighted by Crippen LogP contribution is 2.24. The normalized spacial score (nSPS) is 11.9. The van der Waals surface area contributed by atoms with Crippen molar-refractivity contribution in [3.63, 3.8) is 0 Å². The Bertz CT molecular complexity index is 853. The van der Waals surface area contributed by atoms with Crippen LogP contribution in [-0.4, -0.2) is 25.9 Å². The van der Waals surface area contributed by atoms with Crippen LogP contribution in [0.3, 0.4) is 0 Å². The van der Waals surface area contributed by atoms with Gasteiger partial charge in [-0.3, -0.25) is 9.36 Å². The topological polar surface area (TPSA) is 59.8 Å². The summed E-state index contributed by atoms with van der Waals surface area (Å²) in [5.41, 5.74) is 1.85. The van der Waals surface area contributed by atoms with Gasteiger partial charge in [0.2, 0.25) is 5.91 Å². The Morgan fingerprint density at radius 3 is 2.68 bits per heavy atom. The van der Waals surface area contributed by atoms with E-state index in [2.05, 4.69) is 15.5 Å². The van der Waals surface area contributed by atoms with Gasteiger partial charge in [-0.25, -0.2) is 0 Å². The molecule has 0 aliphatic carbocycles. The molecule has 0 saturated carbocycles. The number of hydrogen-bond acceptors (Lipinski definition) is 4. The highest BCUT2D eigenvalue weighted by atomic mass is 35.5. The molecule has 1 atom stereocenters. The molecule has 1 N–H and O–H groups in total. The predicted molar refractivity (Wildman–Crippen MR) is 100.0 cm³/mol. The fourth-order valence-electron chi connectivity index (χ4n) is 2.25. The molecule has 3 aromatic rings. The Kier molecular flexibility index (Phi) is 5.73. The average Bonchev–Trinajstić information content (AvgIpc) is 3.09. The number of nitrogens with zero attached hydrogens (tertiary/aromatic N) is 3. The molecule has 2 aromatic carbocycles. The average molecular weight is 373 g/mol. The predicted octanol–water partition coefficient (Wildman–Crippen LogP) is 3.72. The molecular weight excluding hydrogens is 356 g/mol. The van der Waals surface area contributed by atoms with Crippen LogP contribution in [0.25, 0.3) is 5.69 Å². The lowest BCUT2D eigenvalue weighted by Crippen LogP contribution is -2.30. The van der Waals surface area contributed by atoms with E-state index in [1.165, 1.54) is 11.8 Å². The number of amides is 1. The van der Waals surface area contributed by atoms with Crippen LogP contribution < -0.4 is 5.32 Å². The molecule has 7 heteroatoms. The van der Waals surface area contributed by atoms with E-state index >= 15 is 0 Å². The first kappa shape index (κ1) is 17.5. The van der Waals surface area contributed by atoms with Gasteiger partial charge in [0.1, 0.15) is 6.33 Å². The molecule has 1 unspecified atom stereocenters. The summed E-state index contributed by atoms with van der Waals surface area (Å²) in [6.45, 7) is 2.24. The SMILES string of the molecule is CC(Sc1nncn1-c1ccccc1)C(=O)NCc1ccccc1Cl. The van der Waals surface area contributed by atoms with Crippen LogP contribution >= 0.6 is 23.4 Å². The third kappa shape index (κ3) is 4.41. The second-order valence-corrected chi connectivity index (χ2v) is 7.10. The number of nitrogens with one attached hydrogen (secondary N) is 1. The number of halogens is 1. The van der Waals surface area contributed by atoms with Gasteiger partial charge in [0.15, 0.2) is 5.16 Å². The summed E-state index contributed by atoms with van der Waals surface area (Å²) >= 11 is 7.48. The van der Waals surface area contributed by atoms with Crippen LogP contribution in [0.5, 0.6) is 0 Å². The first-order valence-electron chi connectivity index (χ1n) is 7.78. The first-order chi connectivity index (χ1) is 12.1. The molecule has 0 radical (unpaired) electrons. The quantitative estimate of drug-likeness (QED) is 0.670. The maximum atomic E-state index is 12.4. The van der Waals surface area contributed by atoms with Gasteiger partial charge in [0.25, 0.3) is 0 Å². The number of benzene rings is 2. The van der Waals surface area contributed by atoms with Gasteiger partial charge in [0.05, 0.1) is 5.25 Å². The zero-order valence-electron chi connectivity index (χ0n) is 13.6. The van der Waals surface area contributed by atoms with Gasteiger partial charge in [-0.2, -0.15) is 0 Å². The third-order valence-corrected chi connectivity index (χ3v) is 5.04. The number of carbonyl (C=O) groups excluding carboxylic acids is 1. The molecule has 5 nitrogen and oxygen atoms in total. The summed E-state index contributed by atoms with van der Waals surface area (Å²) in [5.74, 6) is -0.0764. The van der Waals surface area contributed by atoms with E-state index in [4.69, 9.17) is 11.6 Å². The largest absolute Gasteiger partial charge is 0.351 e. The van der Waals surface area contributed by atoms with Gasteiger partial charge < -0.3 is 5.32 Å². The van der Waals surface area contributed by atoms with E-state index < -0.39 is 0 Å². The van der Waals surface area contributed by atoms with Crippen molar-refractivity contribution < 1.29 is 4.79 Å². The summed E-state index contributed by atoms with van der Waals surface area (Å²) < 4.78 is 1.86. The zero-order chi connectivity index (χ0) is 17.6. The molecule has 1 aromatic heterocycles. The van der Waals surface area contributed by atoms with E-state index in [0.29, 0.717) is 16.7 Å². The number of para-hydroxylation sites is 1. The van der Waals surface area contributed by atoms with Crippen molar-refractivity contribution in [3.8, 4) is 5.69 Å². The minimum atomic E-state index is -0.311. The second kappa shape index (κ2) is 8.18. The summed E-state index contributed by atoms with van der Waals surface area (Å²) in [4.78, 5) is 12.4. The lowest BCUT2D eigenvalue weighted by Gasteiger charge is -2.13. The Morgan fingerprint density at radius 1 is 1.20 bits per heavy atom. The van der Waals surface area contributed by atoms with Crippen LogP contribution in [0.1, 0.15) is 12.5 Å². The van der Waals surface area contributed by atoms with E-state index in [1.54, 1.807) is 6.33 Å². The molecule has 0 bridgehead atoms. The van der Waals surface area contributed by atoms with Gasteiger partial charge in [-0.1, -0.05) is 59.8 Å². The van der Waals surface area contributed by atoms with E-state index in [0.717, 1.165) is 11.3 Å². The van der Waals surface area contributed by atoms with E-state index in [1.807, 2.05) is 66.1 Å². The van der Waals surface area contributed by atoms with Crippen LogP contribution in [0.2, 0.25) is 5.02 Å². The summed E-state index contributed by atoms with van der Waals surface area (Å²) in [6.07, 6.45) is 1.64. The Morgan fingerprint density at radius 2 is 1.92 bits per heavy atom. The van der Waals surface area contributed by atoms with Crippen LogP contribution in [0.4, 0.5) is 0 Å². The maximum Gasteiger partial charge on any atom is 0.233 e. The molecule has 0 aliphatic rings. The van der Waals surface area contributed by atoms with Crippen molar-refractivity contribution in [3.05, 3.63) is 71.5 Å². The number of rotatable bonds is 6. The lowest BCUT2D eigenvalue weighted by atomic mass is 10.2. The third-order valence-electron chi connectivity index (χ3n) is 3.61. The summed E-state index contributed by atoms with van der Waals surface area (Å²) in [7, 11) is 0. The summed E-state index contributed by atoms with van der Waals surface area (Å²) in [5, 5.41) is 12.0. The molecule has 1 heterocycles. The molecule has 128 valence electrons. The molecule has 0 fully saturated rings. The standard InChI is InChI=1S/C18H17ClN4OS/c1-13(17(24)20-11-14-7-5-6-10-16(14)19)25-18-22-21-12-23(18)15-8-3-2-4-9-15/h2-10,12-13H,11H2,1H3,(H,20,24). The van der Waals surface area contributed by atoms with E-state index in [-0.39, 0.29) is 11.2 Å². The monoisotopic (exact) mass is 372 g/mol. The fraction of sp³-hybridized carbons (Fsp3) is 0.167. The second-order valence-electron chi connectivity index (χ2n) is 5.39. The summed E-state index contributed by atoms with van der Waals surface area (Å²) in [6, 6.07) is 17.2. The highest BCUT2D eigenvalue weighted by molar-refractivity contribution is 8.00. The first-order valence-corrected chi connectivity index (χ1v) is 9.04. The Hall–Kier alpha value is -2.31. The van der Waals surface area contributed by atoms with Crippen LogP contribution in [0, 0.1) is 0 Å². The smallest absolute Gasteiger partial charge is 0.233 e. The molecule has 25 heavy (non-hydrogen) atoms. The molecular formula is C18H17ClN4OS. The van der Waals surface area contributed by atoms with Gasteiger partial charge in [0, 0.05) is 17.3 Å². The van der Waals surface area contributed by atoms with Crippen molar-refractivity contribution in [2.45, 2.75) is 23.9 Å². The molecule has 0 aliphatic heterocycles. The van der Waals surface area contributed by atoms with Gasteiger partial charge >= 0.3 is 0 Å². The zero-order valence-corrected chi connectivity index (χ0v) is 15.2. The Labute approximate surface area is 155 Å². The number of hydrogen-bond donors (Lipinski definition) is 1. The van der Waals surface area contributed by atoms with E-state index in [9.17, 15) is 4.79 Å². The van der Waals surface area contributed by atoms with Crippen molar-refractivity contribution >= 4 is 29.3 Å². The molecule has 0 spiro atoms. The minimum absolute atomic E-state index is 0.0764.